The van der Waals surface area contributed by atoms with Crippen LogP contribution in [0.3, 0.4) is 0 Å². The number of rotatable bonds is 6. The fraction of sp³-hybridized carbons (Fsp3) is 0.562. The lowest BCUT2D eigenvalue weighted by Gasteiger charge is -2.23. The number of hydrogen-bond acceptors (Lipinski definition) is 4. The molecule has 1 aliphatic carbocycles. The molecule has 0 heterocycles. The third-order valence-corrected chi connectivity index (χ3v) is 3.66. The first-order chi connectivity index (χ1) is 10.2. The van der Waals surface area contributed by atoms with Crippen molar-refractivity contribution in [2.45, 2.75) is 44.2 Å². The van der Waals surface area contributed by atoms with Gasteiger partial charge >= 0.3 is 0 Å². The molecule has 1 aromatic carbocycles. The number of halogens is 1. The monoisotopic (exact) mass is 328 g/mol. The van der Waals surface area contributed by atoms with Crippen molar-refractivity contribution in [3.63, 3.8) is 0 Å². The molecule has 1 fully saturated rings. The van der Waals surface area contributed by atoms with Crippen molar-refractivity contribution in [3.05, 3.63) is 24.3 Å². The summed E-state index contributed by atoms with van der Waals surface area (Å²) in [5, 5.41) is 2.76. The summed E-state index contributed by atoms with van der Waals surface area (Å²) in [6.45, 7) is 0.203. The van der Waals surface area contributed by atoms with E-state index in [9.17, 15) is 4.79 Å². The number of methoxy groups -OCH3 is 1. The van der Waals surface area contributed by atoms with Crippen LogP contribution in [0.25, 0.3) is 0 Å². The number of amides is 1. The van der Waals surface area contributed by atoms with Gasteiger partial charge < -0.3 is 20.5 Å². The fourth-order valence-corrected chi connectivity index (χ4v) is 2.48. The maximum absolute atomic E-state index is 11.8. The zero-order valence-electron chi connectivity index (χ0n) is 12.9. The van der Waals surface area contributed by atoms with Crippen LogP contribution in [0.5, 0.6) is 5.75 Å². The van der Waals surface area contributed by atoms with E-state index < -0.39 is 6.04 Å². The van der Waals surface area contributed by atoms with Crippen LogP contribution in [0.15, 0.2) is 24.3 Å². The molecule has 1 aromatic rings. The molecule has 0 bridgehead atoms. The molecule has 5 nitrogen and oxygen atoms in total. The smallest absolute Gasteiger partial charge is 0.243 e. The van der Waals surface area contributed by atoms with Crippen molar-refractivity contribution in [3.8, 4) is 5.75 Å². The SMILES string of the molecule is COCC(N)C(=O)Nc1ccc(OC2CCCCC2)cc1.Cl. The standard InChI is InChI=1S/C16H24N2O3.ClH/c1-20-11-15(17)16(19)18-12-7-9-14(10-8-12)21-13-5-3-2-4-6-13;/h7-10,13,15H,2-6,11,17H2,1H3,(H,18,19);1H. The second-order valence-corrected chi connectivity index (χ2v) is 5.45. The van der Waals surface area contributed by atoms with Crippen molar-refractivity contribution < 1.29 is 14.3 Å². The predicted octanol–water partition coefficient (Wildman–Crippen LogP) is 2.73. The molecule has 1 amide bonds. The molecule has 3 N–H and O–H groups in total. The second kappa shape index (κ2) is 9.66. The van der Waals surface area contributed by atoms with Gasteiger partial charge in [-0.2, -0.15) is 0 Å². The van der Waals surface area contributed by atoms with E-state index in [-0.39, 0.29) is 24.9 Å². The summed E-state index contributed by atoms with van der Waals surface area (Å²) in [4.78, 5) is 11.8. The van der Waals surface area contributed by atoms with Gasteiger partial charge in [-0.15, -0.1) is 12.4 Å². The van der Waals surface area contributed by atoms with Gasteiger partial charge in [0.15, 0.2) is 0 Å². The third kappa shape index (κ3) is 5.83. The Hall–Kier alpha value is -1.30. The summed E-state index contributed by atoms with van der Waals surface area (Å²) in [5.74, 6) is 0.596. The van der Waals surface area contributed by atoms with Gasteiger partial charge in [-0.25, -0.2) is 0 Å². The molecule has 6 heteroatoms. The lowest BCUT2D eigenvalue weighted by molar-refractivity contribution is -0.118. The maximum Gasteiger partial charge on any atom is 0.243 e. The quantitative estimate of drug-likeness (QED) is 0.842. The van der Waals surface area contributed by atoms with Gasteiger partial charge in [0.25, 0.3) is 0 Å². The Morgan fingerprint density at radius 2 is 1.91 bits per heavy atom. The lowest BCUT2D eigenvalue weighted by atomic mass is 9.98. The van der Waals surface area contributed by atoms with Crippen molar-refractivity contribution in [1.29, 1.82) is 0 Å². The van der Waals surface area contributed by atoms with Gasteiger partial charge in [0, 0.05) is 12.8 Å². The van der Waals surface area contributed by atoms with E-state index in [1.54, 1.807) is 0 Å². The number of carbonyl (C=O) groups excluding carboxylic acids is 1. The first kappa shape index (κ1) is 18.7. The summed E-state index contributed by atoms with van der Waals surface area (Å²) in [6.07, 6.45) is 6.39. The number of carbonyl (C=O) groups is 1. The van der Waals surface area contributed by atoms with Crippen molar-refractivity contribution in [2.24, 2.45) is 5.73 Å². The highest BCUT2D eigenvalue weighted by Crippen LogP contribution is 2.24. The molecule has 22 heavy (non-hydrogen) atoms. The number of nitrogens with one attached hydrogen (secondary N) is 1. The fourth-order valence-electron chi connectivity index (χ4n) is 2.48. The number of ether oxygens (including phenoxy) is 2. The van der Waals surface area contributed by atoms with Gasteiger partial charge in [0.1, 0.15) is 11.8 Å². The molecule has 2 rings (SSSR count). The largest absolute Gasteiger partial charge is 0.490 e. The maximum atomic E-state index is 11.8. The molecule has 0 aliphatic heterocycles. The van der Waals surface area contributed by atoms with Crippen LogP contribution < -0.4 is 15.8 Å². The van der Waals surface area contributed by atoms with Crippen molar-refractivity contribution in [2.75, 3.05) is 19.0 Å². The van der Waals surface area contributed by atoms with Gasteiger partial charge in [-0.1, -0.05) is 6.42 Å². The van der Waals surface area contributed by atoms with E-state index in [1.807, 2.05) is 24.3 Å². The molecule has 0 aromatic heterocycles. The van der Waals surface area contributed by atoms with Gasteiger partial charge in [-0.3, -0.25) is 4.79 Å². The Labute approximate surface area is 138 Å². The number of anilines is 1. The molecule has 1 atom stereocenters. The van der Waals surface area contributed by atoms with Crippen LogP contribution in [0.4, 0.5) is 5.69 Å². The highest BCUT2D eigenvalue weighted by molar-refractivity contribution is 5.94. The predicted molar refractivity (Wildman–Crippen MR) is 89.7 cm³/mol. The number of nitrogens with two attached hydrogens (primary N) is 1. The summed E-state index contributed by atoms with van der Waals surface area (Å²) in [5.41, 5.74) is 6.38. The van der Waals surface area contributed by atoms with E-state index in [4.69, 9.17) is 15.2 Å². The van der Waals surface area contributed by atoms with Gasteiger partial charge in [0.05, 0.1) is 12.7 Å². The van der Waals surface area contributed by atoms with E-state index in [2.05, 4.69) is 5.32 Å². The zero-order chi connectivity index (χ0) is 15.1. The van der Waals surface area contributed by atoms with Gasteiger partial charge in [0.2, 0.25) is 5.91 Å². The van der Waals surface area contributed by atoms with E-state index in [0.717, 1.165) is 18.6 Å². The lowest BCUT2D eigenvalue weighted by Crippen LogP contribution is -2.39. The minimum absolute atomic E-state index is 0. The zero-order valence-corrected chi connectivity index (χ0v) is 13.7. The molecule has 0 spiro atoms. The topological polar surface area (TPSA) is 73.6 Å². The van der Waals surface area contributed by atoms with Crippen molar-refractivity contribution >= 4 is 24.0 Å². The Kier molecular flexibility index (Phi) is 8.24. The molecule has 1 unspecified atom stereocenters. The van der Waals surface area contributed by atoms with Crippen LogP contribution in [-0.2, 0) is 9.53 Å². The Morgan fingerprint density at radius 1 is 1.27 bits per heavy atom. The summed E-state index contributed by atoms with van der Waals surface area (Å²) < 4.78 is 10.8. The van der Waals surface area contributed by atoms with Crippen molar-refractivity contribution in [1.82, 2.24) is 0 Å². The van der Waals surface area contributed by atoms with Crippen LogP contribution >= 0.6 is 12.4 Å². The average Bonchev–Trinajstić information content (AvgIpc) is 2.50. The first-order valence-electron chi connectivity index (χ1n) is 7.51. The van der Waals surface area contributed by atoms with Crippen LogP contribution in [-0.4, -0.2) is 31.8 Å². The summed E-state index contributed by atoms with van der Waals surface area (Å²) >= 11 is 0. The molecule has 124 valence electrons. The molecular formula is C16H25ClN2O3. The Bertz CT molecular complexity index is 447. The summed E-state index contributed by atoms with van der Waals surface area (Å²) in [7, 11) is 1.52. The van der Waals surface area contributed by atoms with Crippen LogP contribution in [0.1, 0.15) is 32.1 Å². The first-order valence-corrected chi connectivity index (χ1v) is 7.51. The summed E-state index contributed by atoms with van der Waals surface area (Å²) in [6, 6.07) is 6.76. The second-order valence-electron chi connectivity index (χ2n) is 5.45. The van der Waals surface area contributed by atoms with E-state index in [1.165, 1.54) is 26.4 Å². The Balaban J connectivity index is 0.00000242. The highest BCUT2D eigenvalue weighted by atomic mass is 35.5. The molecule has 0 radical (unpaired) electrons. The molecule has 1 saturated carbocycles. The van der Waals surface area contributed by atoms with Crippen LogP contribution in [0.2, 0.25) is 0 Å². The number of benzene rings is 1. The number of hydrogen-bond donors (Lipinski definition) is 2. The van der Waals surface area contributed by atoms with E-state index in [0.29, 0.717) is 11.8 Å². The minimum Gasteiger partial charge on any atom is -0.490 e. The molecule has 0 saturated heterocycles. The van der Waals surface area contributed by atoms with Gasteiger partial charge in [-0.05, 0) is 49.9 Å². The third-order valence-electron chi connectivity index (χ3n) is 3.66. The average molecular weight is 329 g/mol. The van der Waals surface area contributed by atoms with Crippen LogP contribution in [0, 0.1) is 0 Å². The minimum atomic E-state index is -0.659. The van der Waals surface area contributed by atoms with E-state index >= 15 is 0 Å². The highest BCUT2D eigenvalue weighted by Gasteiger charge is 2.15. The molecule has 1 aliphatic rings. The Morgan fingerprint density at radius 3 is 2.50 bits per heavy atom. The molecular weight excluding hydrogens is 304 g/mol. The normalized spacial score (nSPS) is 16.5.